The van der Waals surface area contributed by atoms with Crippen molar-refractivity contribution in [2.45, 2.75) is 43.4 Å². The summed E-state index contributed by atoms with van der Waals surface area (Å²) in [4.78, 5) is 12.9. The first-order chi connectivity index (χ1) is 14.9. The van der Waals surface area contributed by atoms with Crippen LogP contribution in [0.5, 0.6) is 0 Å². The van der Waals surface area contributed by atoms with Crippen molar-refractivity contribution in [3.8, 4) is 0 Å². The fourth-order valence-corrected chi connectivity index (χ4v) is 6.36. The molecule has 166 valence electrons. The van der Waals surface area contributed by atoms with Crippen molar-refractivity contribution in [2.75, 3.05) is 19.6 Å². The first kappa shape index (κ1) is 22.6. The molecule has 1 amide bonds. The van der Waals surface area contributed by atoms with Crippen molar-refractivity contribution < 1.29 is 13.2 Å². The van der Waals surface area contributed by atoms with E-state index in [1.165, 1.54) is 9.87 Å². The van der Waals surface area contributed by atoms with Crippen molar-refractivity contribution >= 4 is 39.1 Å². The van der Waals surface area contributed by atoms with E-state index in [1.807, 2.05) is 24.3 Å². The van der Waals surface area contributed by atoms with Crippen LogP contribution in [0.15, 0.2) is 41.3 Å². The van der Waals surface area contributed by atoms with Gasteiger partial charge in [-0.15, -0.1) is 0 Å². The smallest absolute Gasteiger partial charge is 0.243 e. The van der Waals surface area contributed by atoms with E-state index in [1.54, 1.807) is 12.1 Å². The van der Waals surface area contributed by atoms with E-state index < -0.39 is 10.0 Å². The summed E-state index contributed by atoms with van der Waals surface area (Å²) >= 11 is 12.2. The highest BCUT2D eigenvalue weighted by molar-refractivity contribution is 7.89. The summed E-state index contributed by atoms with van der Waals surface area (Å²) < 4.78 is 27.6. The van der Waals surface area contributed by atoms with Crippen molar-refractivity contribution in [3.63, 3.8) is 0 Å². The van der Waals surface area contributed by atoms with Gasteiger partial charge in [-0.3, -0.25) is 4.79 Å². The number of carbonyl (C=O) groups excluding carboxylic acids is 1. The van der Waals surface area contributed by atoms with Gasteiger partial charge in [0.25, 0.3) is 0 Å². The van der Waals surface area contributed by atoms with Gasteiger partial charge in [0, 0.05) is 25.6 Å². The summed E-state index contributed by atoms with van der Waals surface area (Å²) in [5.74, 6) is -0.214. The number of aryl methyl sites for hydroxylation is 2. The maximum atomic E-state index is 13.1. The molecular formula is C23H26Cl2N2O3S. The van der Waals surface area contributed by atoms with Crippen LogP contribution >= 0.6 is 23.2 Å². The Morgan fingerprint density at radius 2 is 1.81 bits per heavy atom. The second-order valence-electron chi connectivity index (χ2n) is 8.22. The monoisotopic (exact) mass is 480 g/mol. The molecule has 0 unspecified atom stereocenters. The second-order valence-corrected chi connectivity index (χ2v) is 10.9. The van der Waals surface area contributed by atoms with E-state index >= 15 is 0 Å². The van der Waals surface area contributed by atoms with Gasteiger partial charge < -0.3 is 5.32 Å². The van der Waals surface area contributed by atoms with E-state index in [0.29, 0.717) is 53.8 Å². The molecular weight excluding hydrogens is 455 g/mol. The van der Waals surface area contributed by atoms with Gasteiger partial charge >= 0.3 is 0 Å². The summed E-state index contributed by atoms with van der Waals surface area (Å²) in [7, 11) is -3.52. The largest absolute Gasteiger partial charge is 0.356 e. The lowest BCUT2D eigenvalue weighted by atomic mass is 9.97. The van der Waals surface area contributed by atoms with Gasteiger partial charge in [-0.2, -0.15) is 4.31 Å². The Labute approximate surface area is 193 Å². The van der Waals surface area contributed by atoms with Crippen LogP contribution in [0.2, 0.25) is 10.0 Å². The topological polar surface area (TPSA) is 66.5 Å². The summed E-state index contributed by atoms with van der Waals surface area (Å²) in [6.45, 7) is 1.18. The minimum absolute atomic E-state index is 0.0345. The summed E-state index contributed by atoms with van der Waals surface area (Å²) in [6.07, 6.45) is 4.70. The van der Waals surface area contributed by atoms with E-state index in [0.717, 1.165) is 30.4 Å². The van der Waals surface area contributed by atoms with Crippen LogP contribution in [0.25, 0.3) is 0 Å². The average molecular weight is 481 g/mol. The summed E-state index contributed by atoms with van der Waals surface area (Å²) in [6, 6.07) is 11.0. The normalized spacial score (nSPS) is 17.5. The minimum atomic E-state index is -3.52. The third-order valence-corrected chi connectivity index (χ3v) is 9.01. The number of nitrogens with zero attached hydrogens (tertiary/aromatic N) is 1. The first-order valence-corrected chi connectivity index (χ1v) is 12.9. The molecule has 2 aliphatic rings. The Balaban J connectivity index is 1.30. The first-order valence-electron chi connectivity index (χ1n) is 10.7. The van der Waals surface area contributed by atoms with Crippen LogP contribution < -0.4 is 5.32 Å². The quantitative estimate of drug-likeness (QED) is 0.671. The lowest BCUT2D eigenvalue weighted by molar-refractivity contribution is -0.126. The zero-order valence-electron chi connectivity index (χ0n) is 17.2. The highest BCUT2D eigenvalue weighted by Gasteiger charge is 2.32. The molecule has 0 radical (unpaired) electrons. The Morgan fingerprint density at radius 1 is 1.06 bits per heavy atom. The number of hydrogen-bond donors (Lipinski definition) is 1. The molecule has 4 rings (SSSR count). The predicted octanol–water partition coefficient (Wildman–Crippen LogP) is 4.24. The zero-order chi connectivity index (χ0) is 22.0. The molecule has 1 aliphatic carbocycles. The van der Waals surface area contributed by atoms with E-state index in [9.17, 15) is 13.2 Å². The molecule has 2 aromatic rings. The number of piperidine rings is 1. The average Bonchev–Trinajstić information content (AvgIpc) is 3.24. The second kappa shape index (κ2) is 9.49. The van der Waals surface area contributed by atoms with Crippen molar-refractivity contribution in [1.82, 2.24) is 9.62 Å². The number of nitrogens with one attached hydrogen (secondary N) is 1. The molecule has 1 fully saturated rings. The van der Waals surface area contributed by atoms with Crippen LogP contribution in [0.3, 0.4) is 0 Å². The highest BCUT2D eigenvalue weighted by Crippen LogP contribution is 2.29. The summed E-state index contributed by atoms with van der Waals surface area (Å²) in [5.41, 5.74) is 3.30. The number of hydrogen-bond acceptors (Lipinski definition) is 3. The molecule has 2 aromatic carbocycles. The lowest BCUT2D eigenvalue weighted by Crippen LogP contribution is -2.43. The van der Waals surface area contributed by atoms with Crippen molar-refractivity contribution in [2.24, 2.45) is 5.92 Å². The number of fused-ring (bicyclic) bond motifs is 1. The minimum Gasteiger partial charge on any atom is -0.356 e. The van der Waals surface area contributed by atoms with E-state index in [-0.39, 0.29) is 11.8 Å². The number of amides is 1. The standard InChI is InChI=1S/C23H26Cl2N2O3S/c24-21-6-2-4-17(22(21)25)9-12-26-23(28)18-10-13-27(14-11-18)31(29,30)20-8-7-16-3-1-5-19(16)15-20/h2,4,6-8,15,18H,1,3,5,9-14H2,(H,26,28). The molecule has 1 saturated heterocycles. The number of carbonyl (C=O) groups is 1. The lowest BCUT2D eigenvalue weighted by Gasteiger charge is -2.30. The van der Waals surface area contributed by atoms with Gasteiger partial charge in [-0.05, 0) is 73.4 Å². The van der Waals surface area contributed by atoms with Crippen LogP contribution in [0.4, 0.5) is 0 Å². The zero-order valence-corrected chi connectivity index (χ0v) is 19.6. The Hall–Kier alpha value is -1.60. The Bertz CT molecular complexity index is 1080. The fraction of sp³-hybridized carbons (Fsp3) is 0.435. The molecule has 1 heterocycles. The van der Waals surface area contributed by atoms with Gasteiger partial charge in [0.2, 0.25) is 15.9 Å². The molecule has 0 spiro atoms. The van der Waals surface area contributed by atoms with Crippen LogP contribution in [0.1, 0.15) is 36.0 Å². The number of halogens is 2. The maximum Gasteiger partial charge on any atom is 0.243 e. The maximum absolute atomic E-state index is 13.1. The van der Waals surface area contributed by atoms with Crippen LogP contribution in [0, 0.1) is 5.92 Å². The molecule has 1 aliphatic heterocycles. The van der Waals surface area contributed by atoms with E-state index in [2.05, 4.69) is 5.32 Å². The predicted molar refractivity (Wildman–Crippen MR) is 123 cm³/mol. The number of rotatable bonds is 6. The van der Waals surface area contributed by atoms with Crippen molar-refractivity contribution in [3.05, 3.63) is 63.1 Å². The van der Waals surface area contributed by atoms with E-state index in [4.69, 9.17) is 23.2 Å². The number of sulfonamides is 1. The number of benzene rings is 2. The third-order valence-electron chi connectivity index (χ3n) is 6.26. The Morgan fingerprint density at radius 3 is 2.58 bits per heavy atom. The van der Waals surface area contributed by atoms with Gasteiger partial charge in [0.05, 0.1) is 14.9 Å². The third kappa shape index (κ3) is 4.92. The molecule has 1 N–H and O–H groups in total. The van der Waals surface area contributed by atoms with Crippen molar-refractivity contribution in [1.29, 1.82) is 0 Å². The highest BCUT2D eigenvalue weighted by atomic mass is 35.5. The molecule has 0 bridgehead atoms. The summed E-state index contributed by atoms with van der Waals surface area (Å²) in [5, 5.41) is 3.97. The van der Waals surface area contributed by atoms with Gasteiger partial charge in [0.15, 0.2) is 0 Å². The van der Waals surface area contributed by atoms with Gasteiger partial charge in [-0.1, -0.05) is 41.4 Å². The molecule has 0 atom stereocenters. The Kier molecular flexibility index (Phi) is 6.92. The molecule has 31 heavy (non-hydrogen) atoms. The van der Waals surface area contributed by atoms with Crippen LogP contribution in [-0.4, -0.2) is 38.3 Å². The SMILES string of the molecule is O=C(NCCc1cccc(Cl)c1Cl)C1CCN(S(=O)(=O)c2ccc3c(c2)CCC3)CC1. The molecule has 5 nitrogen and oxygen atoms in total. The molecule has 0 aromatic heterocycles. The van der Waals surface area contributed by atoms with Crippen LogP contribution in [-0.2, 0) is 34.1 Å². The molecule has 0 saturated carbocycles. The van der Waals surface area contributed by atoms with Gasteiger partial charge in [0.1, 0.15) is 0 Å². The fourth-order valence-electron chi connectivity index (χ4n) is 4.42. The van der Waals surface area contributed by atoms with Gasteiger partial charge in [-0.25, -0.2) is 8.42 Å². The molecule has 8 heteroatoms.